The molecule has 0 aliphatic carbocycles. The molecule has 0 saturated carbocycles. The number of unbranched alkanes of at least 4 members (excludes halogenated alkanes) is 3. The summed E-state index contributed by atoms with van der Waals surface area (Å²) in [5.41, 5.74) is 2.12. The minimum atomic E-state index is -0.410. The van der Waals surface area contributed by atoms with Crippen LogP contribution in [0.15, 0.2) is 42.5 Å². The fourth-order valence-electron chi connectivity index (χ4n) is 2.97. The predicted octanol–water partition coefficient (Wildman–Crippen LogP) is 6.20. The molecule has 27 heavy (non-hydrogen) atoms. The zero-order chi connectivity index (χ0) is 19.8. The van der Waals surface area contributed by atoms with Crippen molar-refractivity contribution in [2.45, 2.75) is 59.0 Å². The largest absolute Gasteiger partial charge is 0.484 e. The standard InChI is InChI=1S/C22H27NO4/c1-4-5-6-7-8-16(2)27-22-14-13-20(15-21(22)23(25)26)19-11-9-18(10-12-19)17(3)24/h9-16H,4-8H2,1-3H3/t16-/m1/s1. The summed E-state index contributed by atoms with van der Waals surface area (Å²) < 4.78 is 5.84. The number of nitro benzene ring substituents is 1. The van der Waals surface area contributed by atoms with Crippen molar-refractivity contribution in [3.8, 4) is 16.9 Å². The molecule has 1 atom stereocenters. The number of carbonyl (C=O) groups is 1. The third-order valence-electron chi connectivity index (χ3n) is 4.57. The smallest absolute Gasteiger partial charge is 0.311 e. The van der Waals surface area contributed by atoms with Gasteiger partial charge in [0.1, 0.15) is 0 Å². The van der Waals surface area contributed by atoms with Crippen LogP contribution in [-0.2, 0) is 0 Å². The maximum absolute atomic E-state index is 11.5. The summed E-state index contributed by atoms with van der Waals surface area (Å²) in [6.45, 7) is 5.62. The van der Waals surface area contributed by atoms with Gasteiger partial charge < -0.3 is 4.74 Å². The van der Waals surface area contributed by atoms with E-state index in [4.69, 9.17) is 4.74 Å². The molecular weight excluding hydrogens is 342 g/mol. The summed E-state index contributed by atoms with van der Waals surface area (Å²) >= 11 is 0. The molecule has 2 rings (SSSR count). The first-order chi connectivity index (χ1) is 12.9. The van der Waals surface area contributed by atoms with Gasteiger partial charge in [-0.05, 0) is 43.9 Å². The van der Waals surface area contributed by atoms with Crippen LogP contribution in [0, 0.1) is 10.1 Å². The molecule has 2 aromatic rings. The number of nitro groups is 1. The van der Waals surface area contributed by atoms with Gasteiger partial charge in [-0.15, -0.1) is 0 Å². The number of ketones is 1. The van der Waals surface area contributed by atoms with Crippen molar-refractivity contribution in [3.63, 3.8) is 0 Å². The average Bonchev–Trinajstić information content (AvgIpc) is 2.65. The van der Waals surface area contributed by atoms with Gasteiger partial charge >= 0.3 is 5.69 Å². The number of rotatable bonds is 10. The molecule has 0 aliphatic rings. The van der Waals surface area contributed by atoms with Crippen LogP contribution in [-0.4, -0.2) is 16.8 Å². The lowest BCUT2D eigenvalue weighted by molar-refractivity contribution is -0.386. The third kappa shape index (κ3) is 5.91. The Morgan fingerprint density at radius 3 is 2.33 bits per heavy atom. The zero-order valence-electron chi connectivity index (χ0n) is 16.2. The van der Waals surface area contributed by atoms with Crippen LogP contribution in [0.1, 0.15) is 63.2 Å². The van der Waals surface area contributed by atoms with E-state index >= 15 is 0 Å². The van der Waals surface area contributed by atoms with E-state index in [1.807, 2.05) is 13.0 Å². The number of nitrogens with zero attached hydrogens (tertiary/aromatic N) is 1. The molecule has 0 aliphatic heterocycles. The average molecular weight is 369 g/mol. The van der Waals surface area contributed by atoms with Gasteiger partial charge in [0.2, 0.25) is 0 Å². The van der Waals surface area contributed by atoms with Crippen molar-refractivity contribution in [3.05, 3.63) is 58.1 Å². The van der Waals surface area contributed by atoms with Gasteiger partial charge in [0.25, 0.3) is 0 Å². The fourth-order valence-corrected chi connectivity index (χ4v) is 2.97. The summed E-state index contributed by atoms with van der Waals surface area (Å²) in [5.74, 6) is 0.288. The van der Waals surface area contributed by atoms with Crippen molar-refractivity contribution in [1.82, 2.24) is 0 Å². The third-order valence-corrected chi connectivity index (χ3v) is 4.57. The topological polar surface area (TPSA) is 69.4 Å². The molecule has 0 radical (unpaired) electrons. The second-order valence-corrected chi connectivity index (χ2v) is 6.85. The van der Waals surface area contributed by atoms with Crippen LogP contribution < -0.4 is 4.74 Å². The highest BCUT2D eigenvalue weighted by molar-refractivity contribution is 5.94. The Balaban J connectivity index is 2.16. The Labute approximate surface area is 160 Å². The lowest BCUT2D eigenvalue weighted by atomic mass is 10.0. The summed E-state index contributed by atoms with van der Waals surface area (Å²) in [6.07, 6.45) is 5.40. The van der Waals surface area contributed by atoms with E-state index in [1.165, 1.54) is 25.8 Å². The molecular formula is C22H27NO4. The quantitative estimate of drug-likeness (QED) is 0.216. The first-order valence-corrected chi connectivity index (χ1v) is 9.48. The van der Waals surface area contributed by atoms with Gasteiger partial charge in [-0.3, -0.25) is 14.9 Å². The first-order valence-electron chi connectivity index (χ1n) is 9.48. The van der Waals surface area contributed by atoms with Crippen LogP contribution in [0.3, 0.4) is 0 Å². The van der Waals surface area contributed by atoms with Crippen molar-refractivity contribution in [2.75, 3.05) is 0 Å². The monoisotopic (exact) mass is 369 g/mol. The summed E-state index contributed by atoms with van der Waals surface area (Å²) in [7, 11) is 0. The van der Waals surface area contributed by atoms with Crippen LogP contribution in [0.25, 0.3) is 11.1 Å². The van der Waals surface area contributed by atoms with Gasteiger partial charge in [-0.1, -0.05) is 56.5 Å². The SMILES string of the molecule is CCCCCC[C@@H](C)Oc1ccc(-c2ccc(C(C)=O)cc2)cc1[N+](=O)[O-]. The van der Waals surface area contributed by atoms with Gasteiger partial charge in [-0.2, -0.15) is 0 Å². The number of carbonyl (C=O) groups excluding carboxylic acids is 1. The Morgan fingerprint density at radius 2 is 1.74 bits per heavy atom. The van der Waals surface area contributed by atoms with Crippen LogP contribution in [0.5, 0.6) is 5.75 Å². The molecule has 0 amide bonds. The lowest BCUT2D eigenvalue weighted by Crippen LogP contribution is -2.12. The Morgan fingerprint density at radius 1 is 1.07 bits per heavy atom. The van der Waals surface area contributed by atoms with E-state index in [0.29, 0.717) is 11.3 Å². The number of hydrogen-bond acceptors (Lipinski definition) is 4. The summed E-state index contributed by atoms with van der Waals surface area (Å²) in [6, 6.07) is 12.1. The van der Waals surface area contributed by atoms with Crippen LogP contribution >= 0.6 is 0 Å². The molecule has 0 unspecified atom stereocenters. The molecule has 0 bridgehead atoms. The number of ether oxygens (including phenoxy) is 1. The van der Waals surface area contributed by atoms with E-state index in [1.54, 1.807) is 30.3 Å². The minimum absolute atomic E-state index is 0.01000. The summed E-state index contributed by atoms with van der Waals surface area (Å²) in [5, 5.41) is 11.5. The molecule has 0 saturated heterocycles. The molecule has 144 valence electrons. The number of benzene rings is 2. The number of Topliss-reactive ketones (excluding diaryl/α,β-unsaturated/α-hetero) is 1. The summed E-state index contributed by atoms with van der Waals surface area (Å²) in [4.78, 5) is 22.5. The molecule has 2 aromatic carbocycles. The maximum atomic E-state index is 11.5. The number of hydrogen-bond donors (Lipinski definition) is 0. The Kier molecular flexibility index (Phi) is 7.53. The van der Waals surface area contributed by atoms with Crippen molar-refractivity contribution < 1.29 is 14.5 Å². The van der Waals surface area contributed by atoms with E-state index < -0.39 is 4.92 Å². The highest BCUT2D eigenvalue weighted by Crippen LogP contribution is 2.33. The predicted molar refractivity (Wildman–Crippen MR) is 107 cm³/mol. The highest BCUT2D eigenvalue weighted by Gasteiger charge is 2.18. The van der Waals surface area contributed by atoms with Gasteiger partial charge in [0.15, 0.2) is 11.5 Å². The lowest BCUT2D eigenvalue weighted by Gasteiger charge is -2.15. The molecule has 5 heteroatoms. The molecule has 0 heterocycles. The molecule has 5 nitrogen and oxygen atoms in total. The van der Waals surface area contributed by atoms with Crippen molar-refractivity contribution >= 4 is 11.5 Å². The first kappa shape index (κ1) is 20.6. The van der Waals surface area contributed by atoms with Gasteiger partial charge in [0.05, 0.1) is 11.0 Å². The maximum Gasteiger partial charge on any atom is 0.311 e. The van der Waals surface area contributed by atoms with Crippen LogP contribution in [0.4, 0.5) is 5.69 Å². The molecule has 0 aromatic heterocycles. The van der Waals surface area contributed by atoms with E-state index in [0.717, 1.165) is 30.4 Å². The van der Waals surface area contributed by atoms with E-state index in [2.05, 4.69) is 6.92 Å². The van der Waals surface area contributed by atoms with E-state index in [-0.39, 0.29) is 17.6 Å². The normalized spacial score (nSPS) is 11.8. The minimum Gasteiger partial charge on any atom is -0.484 e. The molecule has 0 N–H and O–H groups in total. The zero-order valence-corrected chi connectivity index (χ0v) is 16.2. The second kappa shape index (κ2) is 9.86. The van der Waals surface area contributed by atoms with Crippen molar-refractivity contribution in [2.24, 2.45) is 0 Å². The Hall–Kier alpha value is -2.69. The van der Waals surface area contributed by atoms with Crippen LogP contribution in [0.2, 0.25) is 0 Å². The highest BCUT2D eigenvalue weighted by atomic mass is 16.6. The van der Waals surface area contributed by atoms with Crippen molar-refractivity contribution in [1.29, 1.82) is 0 Å². The molecule has 0 spiro atoms. The fraction of sp³-hybridized carbons (Fsp3) is 0.409. The Bertz CT molecular complexity index is 783. The van der Waals surface area contributed by atoms with E-state index in [9.17, 15) is 14.9 Å². The van der Waals surface area contributed by atoms with Gasteiger partial charge in [-0.25, -0.2) is 0 Å². The second-order valence-electron chi connectivity index (χ2n) is 6.85. The van der Waals surface area contributed by atoms with Gasteiger partial charge in [0, 0.05) is 11.6 Å². The molecule has 0 fully saturated rings.